The molecule has 0 aromatic carbocycles. The summed E-state index contributed by atoms with van der Waals surface area (Å²) in [6.07, 6.45) is 0.799. The maximum atomic E-state index is 10.5. The van der Waals surface area contributed by atoms with E-state index in [1.807, 2.05) is 6.92 Å². The molecule has 0 saturated carbocycles. The third-order valence-corrected chi connectivity index (χ3v) is 1.82. The number of hydrogen-bond donors (Lipinski definition) is 1. The first-order valence-electron chi connectivity index (χ1n) is 2.74. The van der Waals surface area contributed by atoms with E-state index in [2.05, 4.69) is 11.3 Å². The van der Waals surface area contributed by atoms with Crippen LogP contribution in [0, 0.1) is 0 Å². The Hall–Kier alpha value is -0.350. The highest BCUT2D eigenvalue weighted by atomic mass is 32.2. The Bertz CT molecular complexity index is 171. The van der Waals surface area contributed by atoms with Crippen LogP contribution in [0.1, 0.15) is 13.3 Å². The van der Waals surface area contributed by atoms with Crippen molar-refractivity contribution in [1.82, 2.24) is 4.72 Å². The normalized spacial score (nSPS) is 11.2. The zero-order chi connectivity index (χ0) is 7.33. The zero-order valence-electron chi connectivity index (χ0n) is 5.42. The third-order valence-electron chi connectivity index (χ3n) is 0.773. The van der Waals surface area contributed by atoms with Crippen molar-refractivity contribution in [2.75, 3.05) is 6.54 Å². The van der Waals surface area contributed by atoms with Crippen LogP contribution in [-0.4, -0.2) is 15.0 Å². The van der Waals surface area contributed by atoms with Gasteiger partial charge in [0.2, 0.25) is 10.0 Å². The van der Waals surface area contributed by atoms with Crippen LogP contribution in [0.25, 0.3) is 0 Å². The summed E-state index contributed by atoms with van der Waals surface area (Å²) in [5, 5.41) is 0.905. The maximum Gasteiger partial charge on any atom is 0.233 e. The summed E-state index contributed by atoms with van der Waals surface area (Å²) < 4.78 is 23.4. The minimum absolute atomic E-state index is 0.481. The molecule has 1 N–H and O–H groups in total. The summed E-state index contributed by atoms with van der Waals surface area (Å²) in [4.78, 5) is 0. The molecule has 0 spiro atoms. The predicted molar refractivity (Wildman–Crippen MR) is 37.4 cm³/mol. The van der Waals surface area contributed by atoms with Crippen molar-refractivity contribution in [2.45, 2.75) is 13.3 Å². The molecule has 54 valence electrons. The lowest BCUT2D eigenvalue weighted by atomic mass is 10.5. The topological polar surface area (TPSA) is 46.2 Å². The molecular formula is C5H11NO2S. The molecule has 0 aromatic heterocycles. The van der Waals surface area contributed by atoms with Gasteiger partial charge in [0.15, 0.2) is 0 Å². The Kier molecular flexibility index (Phi) is 3.49. The Balaban J connectivity index is 3.75. The second-order valence-corrected chi connectivity index (χ2v) is 3.32. The Morgan fingerprint density at radius 1 is 1.67 bits per heavy atom. The number of nitrogens with one attached hydrogen (secondary N) is 1. The van der Waals surface area contributed by atoms with Gasteiger partial charge >= 0.3 is 0 Å². The average molecular weight is 149 g/mol. The minimum atomic E-state index is -3.17. The highest BCUT2D eigenvalue weighted by Gasteiger charge is 1.98. The van der Waals surface area contributed by atoms with E-state index < -0.39 is 10.0 Å². The molecule has 0 rings (SSSR count). The Morgan fingerprint density at radius 2 is 2.22 bits per heavy atom. The fraction of sp³-hybridized carbons (Fsp3) is 0.600. The number of hydrogen-bond acceptors (Lipinski definition) is 2. The quantitative estimate of drug-likeness (QED) is 0.631. The first kappa shape index (κ1) is 8.65. The molecule has 0 aliphatic rings. The Morgan fingerprint density at radius 3 is 2.56 bits per heavy atom. The third kappa shape index (κ3) is 4.17. The van der Waals surface area contributed by atoms with Crippen molar-refractivity contribution in [3.8, 4) is 0 Å². The second kappa shape index (κ2) is 3.63. The van der Waals surface area contributed by atoms with Crippen molar-refractivity contribution < 1.29 is 8.42 Å². The van der Waals surface area contributed by atoms with E-state index in [9.17, 15) is 8.42 Å². The molecular weight excluding hydrogens is 138 g/mol. The SMILES string of the molecule is C=CS(=O)(=O)NCCC. The summed E-state index contributed by atoms with van der Waals surface area (Å²) in [7, 11) is -3.17. The van der Waals surface area contributed by atoms with Gasteiger partial charge in [-0.3, -0.25) is 0 Å². The molecule has 3 nitrogen and oxygen atoms in total. The van der Waals surface area contributed by atoms with Gasteiger partial charge in [0.25, 0.3) is 0 Å². The largest absolute Gasteiger partial charge is 0.233 e. The molecule has 0 fully saturated rings. The molecule has 0 aromatic rings. The molecule has 0 aliphatic carbocycles. The van der Waals surface area contributed by atoms with Gasteiger partial charge < -0.3 is 0 Å². The van der Waals surface area contributed by atoms with Gasteiger partial charge in [0.05, 0.1) is 0 Å². The Labute approximate surface area is 55.8 Å². The van der Waals surface area contributed by atoms with E-state index in [1.54, 1.807) is 0 Å². The summed E-state index contributed by atoms with van der Waals surface area (Å²) >= 11 is 0. The van der Waals surface area contributed by atoms with Gasteiger partial charge in [-0.1, -0.05) is 13.5 Å². The van der Waals surface area contributed by atoms with Crippen molar-refractivity contribution in [1.29, 1.82) is 0 Å². The molecule has 0 radical (unpaired) electrons. The average Bonchev–Trinajstić information content (AvgIpc) is 1.84. The second-order valence-electron chi connectivity index (χ2n) is 1.61. The predicted octanol–water partition coefficient (Wildman–Crippen LogP) is 0.459. The van der Waals surface area contributed by atoms with E-state index >= 15 is 0 Å². The lowest BCUT2D eigenvalue weighted by Gasteiger charge is -1.96. The van der Waals surface area contributed by atoms with Gasteiger partial charge in [-0.05, 0) is 6.42 Å². The van der Waals surface area contributed by atoms with Crippen LogP contribution in [-0.2, 0) is 10.0 Å². The smallest absolute Gasteiger partial charge is 0.212 e. The highest BCUT2D eigenvalue weighted by molar-refractivity contribution is 7.92. The van der Waals surface area contributed by atoms with Crippen molar-refractivity contribution in [3.05, 3.63) is 12.0 Å². The first-order chi connectivity index (χ1) is 4.12. The van der Waals surface area contributed by atoms with Gasteiger partial charge in [-0.15, -0.1) is 0 Å². The highest BCUT2D eigenvalue weighted by Crippen LogP contribution is 1.82. The van der Waals surface area contributed by atoms with Gasteiger partial charge in [-0.2, -0.15) is 0 Å². The van der Waals surface area contributed by atoms with Crippen LogP contribution < -0.4 is 4.72 Å². The number of sulfonamides is 1. The lowest BCUT2D eigenvalue weighted by Crippen LogP contribution is -2.21. The van der Waals surface area contributed by atoms with Gasteiger partial charge in [0.1, 0.15) is 0 Å². The van der Waals surface area contributed by atoms with Gasteiger partial charge in [-0.25, -0.2) is 13.1 Å². The maximum absolute atomic E-state index is 10.5. The fourth-order valence-corrected chi connectivity index (χ4v) is 0.910. The first-order valence-corrected chi connectivity index (χ1v) is 4.29. The molecule has 0 saturated heterocycles. The summed E-state index contributed by atoms with van der Waals surface area (Å²) in [5.74, 6) is 0. The van der Waals surface area contributed by atoms with Crippen LogP contribution in [0.2, 0.25) is 0 Å². The van der Waals surface area contributed by atoms with Crippen LogP contribution >= 0.6 is 0 Å². The van der Waals surface area contributed by atoms with E-state index in [4.69, 9.17) is 0 Å². The van der Waals surface area contributed by atoms with Crippen molar-refractivity contribution in [2.24, 2.45) is 0 Å². The monoisotopic (exact) mass is 149 g/mol. The zero-order valence-corrected chi connectivity index (χ0v) is 6.24. The van der Waals surface area contributed by atoms with Crippen molar-refractivity contribution in [3.63, 3.8) is 0 Å². The van der Waals surface area contributed by atoms with Gasteiger partial charge in [0, 0.05) is 12.0 Å². The van der Waals surface area contributed by atoms with Crippen LogP contribution in [0.15, 0.2) is 12.0 Å². The molecule has 0 aliphatic heterocycles. The van der Waals surface area contributed by atoms with Crippen LogP contribution in [0.5, 0.6) is 0 Å². The molecule has 0 amide bonds. The standard InChI is InChI=1S/C5H11NO2S/c1-3-5-6-9(7,8)4-2/h4,6H,2-3,5H2,1H3. The molecule has 9 heavy (non-hydrogen) atoms. The molecule has 0 atom stereocenters. The molecule has 0 bridgehead atoms. The van der Waals surface area contributed by atoms with Crippen LogP contribution in [0.4, 0.5) is 0 Å². The summed E-state index contributed by atoms with van der Waals surface area (Å²) in [6, 6.07) is 0. The summed E-state index contributed by atoms with van der Waals surface area (Å²) in [5.41, 5.74) is 0. The number of rotatable bonds is 4. The molecule has 4 heteroatoms. The molecule has 0 unspecified atom stereocenters. The van der Waals surface area contributed by atoms with Crippen LogP contribution in [0.3, 0.4) is 0 Å². The summed E-state index contributed by atoms with van der Waals surface area (Å²) in [6.45, 7) is 5.51. The van der Waals surface area contributed by atoms with E-state index in [0.29, 0.717) is 6.54 Å². The van der Waals surface area contributed by atoms with E-state index in [1.165, 1.54) is 0 Å². The minimum Gasteiger partial charge on any atom is -0.212 e. The van der Waals surface area contributed by atoms with E-state index in [-0.39, 0.29) is 0 Å². The molecule has 0 heterocycles. The fourth-order valence-electron chi connectivity index (χ4n) is 0.303. The van der Waals surface area contributed by atoms with E-state index in [0.717, 1.165) is 11.8 Å². The van der Waals surface area contributed by atoms with Crippen molar-refractivity contribution >= 4 is 10.0 Å². The lowest BCUT2D eigenvalue weighted by molar-refractivity contribution is 0.590.